The van der Waals surface area contributed by atoms with E-state index in [1.807, 2.05) is 29.7 Å². The van der Waals surface area contributed by atoms with E-state index in [0.29, 0.717) is 24.2 Å². The Bertz CT molecular complexity index is 1080. The highest BCUT2D eigenvalue weighted by Crippen LogP contribution is 2.21. The Morgan fingerprint density at radius 3 is 2.93 bits per heavy atom. The summed E-state index contributed by atoms with van der Waals surface area (Å²) in [7, 11) is 1.61. The molecule has 0 unspecified atom stereocenters. The summed E-state index contributed by atoms with van der Waals surface area (Å²) in [5.41, 5.74) is 7.70. The van der Waals surface area contributed by atoms with Crippen molar-refractivity contribution in [3.8, 4) is 5.75 Å². The summed E-state index contributed by atoms with van der Waals surface area (Å²) in [5.74, 6) is 1.15. The molecule has 0 saturated heterocycles. The van der Waals surface area contributed by atoms with Crippen molar-refractivity contribution < 1.29 is 23.6 Å². The smallest absolute Gasteiger partial charge is 0.293 e. The predicted molar refractivity (Wildman–Crippen MR) is 112 cm³/mol. The highest BCUT2D eigenvalue weighted by atomic mass is 79.9. The molecule has 3 N–H and O–H groups in total. The second-order valence-corrected chi connectivity index (χ2v) is 7.06. The summed E-state index contributed by atoms with van der Waals surface area (Å²) in [6.07, 6.45) is 1.43. The van der Waals surface area contributed by atoms with Gasteiger partial charge in [-0.2, -0.15) is 0 Å². The molecule has 1 aromatic carbocycles. The molecular weight excluding hydrogens is 456 g/mol. The van der Waals surface area contributed by atoms with Gasteiger partial charge >= 0.3 is 0 Å². The number of carbonyl (C=O) groups is 2. The first-order chi connectivity index (χ1) is 14.5. The number of rotatable bonds is 9. The molecule has 158 valence electrons. The summed E-state index contributed by atoms with van der Waals surface area (Å²) in [5, 5.41) is 2.85. The quantitative estimate of drug-likeness (QED) is 0.269. The summed E-state index contributed by atoms with van der Waals surface area (Å²) in [6.45, 7) is 3.92. The third-order valence-corrected chi connectivity index (χ3v) is 4.98. The molecule has 0 aliphatic rings. The van der Waals surface area contributed by atoms with Crippen LogP contribution in [-0.2, 0) is 29.2 Å². The molecule has 3 rings (SSSR count). The zero-order valence-corrected chi connectivity index (χ0v) is 18.2. The first-order valence-electron chi connectivity index (χ1n) is 9.20. The van der Waals surface area contributed by atoms with Gasteiger partial charge in [-0.15, -0.1) is 0 Å². The van der Waals surface area contributed by atoms with Crippen molar-refractivity contribution in [2.75, 3.05) is 19.5 Å². The molecule has 0 aliphatic carbocycles. The van der Waals surface area contributed by atoms with E-state index in [1.54, 1.807) is 7.11 Å². The van der Waals surface area contributed by atoms with Gasteiger partial charge < -0.3 is 20.5 Å². The van der Waals surface area contributed by atoms with Crippen LogP contribution in [0.3, 0.4) is 0 Å². The third-order valence-electron chi connectivity index (χ3n) is 4.60. The van der Waals surface area contributed by atoms with Crippen molar-refractivity contribution >= 4 is 45.2 Å². The zero-order valence-electron chi connectivity index (χ0n) is 16.6. The molecule has 1 amide bonds. The number of hydrogen-bond donors (Lipinski definition) is 2. The Morgan fingerprint density at radius 1 is 1.43 bits per heavy atom. The first-order valence-corrected chi connectivity index (χ1v) is 9.99. The van der Waals surface area contributed by atoms with Crippen molar-refractivity contribution in [3.63, 3.8) is 0 Å². The lowest BCUT2D eigenvalue weighted by Crippen LogP contribution is -2.43. The lowest BCUT2D eigenvalue weighted by Gasteiger charge is -2.07. The van der Waals surface area contributed by atoms with Gasteiger partial charge in [0, 0.05) is 6.07 Å². The van der Waals surface area contributed by atoms with Crippen LogP contribution in [0.15, 0.2) is 29.0 Å². The van der Waals surface area contributed by atoms with E-state index in [0.717, 1.165) is 22.6 Å². The number of benzene rings is 1. The molecule has 0 radical (unpaired) electrons. The lowest BCUT2D eigenvalue weighted by molar-refractivity contribution is -0.681. The summed E-state index contributed by atoms with van der Waals surface area (Å²) in [6, 6.07) is 5.73. The number of fused-ring (bicyclic) bond motifs is 1. The number of halogens is 1. The number of anilines is 1. The van der Waals surface area contributed by atoms with Crippen molar-refractivity contribution in [3.05, 3.63) is 40.5 Å². The normalized spacial score (nSPS) is 10.8. The number of aryl methyl sites for hydroxylation is 1. The average Bonchev–Trinajstić information content (AvgIpc) is 3.05. The molecule has 0 spiro atoms. The predicted octanol–water partition coefficient (Wildman–Crippen LogP) is 1.20. The van der Waals surface area contributed by atoms with Gasteiger partial charge in [-0.3, -0.25) is 9.59 Å². The number of nitrogen functional groups attached to an aromatic ring is 1. The molecule has 3 aromatic rings. The molecule has 0 atom stereocenters. The third kappa shape index (κ3) is 4.35. The van der Waals surface area contributed by atoms with Crippen LogP contribution in [0.25, 0.3) is 11.0 Å². The minimum Gasteiger partial charge on any atom is -0.497 e. The molecule has 2 heterocycles. The van der Waals surface area contributed by atoms with E-state index >= 15 is 0 Å². The number of aromatic nitrogens is 4. The van der Waals surface area contributed by atoms with Gasteiger partial charge in [0.2, 0.25) is 0 Å². The van der Waals surface area contributed by atoms with Gasteiger partial charge in [0.1, 0.15) is 30.0 Å². The van der Waals surface area contributed by atoms with Crippen molar-refractivity contribution in [1.82, 2.24) is 19.9 Å². The molecule has 0 bridgehead atoms. The van der Waals surface area contributed by atoms with Gasteiger partial charge in [-0.05, 0) is 35.0 Å². The Morgan fingerprint density at radius 2 is 2.23 bits per heavy atom. The Kier molecular flexibility index (Phi) is 6.83. The molecule has 30 heavy (non-hydrogen) atoms. The Balaban J connectivity index is 1.97. The number of nitrogens with two attached hydrogens (primary N) is 1. The first kappa shape index (κ1) is 21.5. The van der Waals surface area contributed by atoms with Crippen LogP contribution in [0.1, 0.15) is 23.2 Å². The molecule has 0 saturated carbocycles. The van der Waals surface area contributed by atoms with Crippen LogP contribution in [0.2, 0.25) is 0 Å². The van der Waals surface area contributed by atoms with E-state index in [4.69, 9.17) is 15.2 Å². The Hall–Kier alpha value is -3.21. The van der Waals surface area contributed by atoms with E-state index < -0.39 is 5.91 Å². The van der Waals surface area contributed by atoms with Gasteiger partial charge in [0.15, 0.2) is 22.5 Å². The number of nitrogens with zero attached hydrogens (tertiary/aromatic N) is 4. The van der Waals surface area contributed by atoms with Crippen molar-refractivity contribution in [2.45, 2.75) is 26.6 Å². The fraction of sp³-hybridized carbons (Fsp3) is 0.316. The fourth-order valence-corrected chi connectivity index (χ4v) is 3.55. The maximum atomic E-state index is 12.7. The molecule has 11 heteroatoms. The van der Waals surface area contributed by atoms with Crippen molar-refractivity contribution in [1.29, 1.82) is 0 Å². The summed E-state index contributed by atoms with van der Waals surface area (Å²) >= 11 is 3.20. The minimum absolute atomic E-state index is 0.0426. The highest BCUT2D eigenvalue weighted by molar-refractivity contribution is 9.10. The van der Waals surface area contributed by atoms with E-state index in [-0.39, 0.29) is 24.7 Å². The molecule has 0 fully saturated rings. The highest BCUT2D eigenvalue weighted by Gasteiger charge is 2.26. The standard InChI is InChI=1S/C19H21BrN6O4/c1-3-25-14-8-12(29-2)4-5-13(14)26(6-7-30-11-27)16(25)10-23-19(28)17-18(21)22-9-15(20)24-17/h4-5,8-9,11H,3,6-7,10H2,1-2H3,(H2-,21,22,23,28)/p+1. The number of methoxy groups -OCH3 is 1. The van der Waals surface area contributed by atoms with Crippen LogP contribution in [-0.4, -0.2) is 40.6 Å². The number of carbonyl (C=O) groups excluding carboxylic acids is 2. The molecule has 0 aliphatic heterocycles. The van der Waals surface area contributed by atoms with Gasteiger partial charge in [-0.25, -0.2) is 19.1 Å². The maximum Gasteiger partial charge on any atom is 0.293 e. The summed E-state index contributed by atoms with van der Waals surface area (Å²) < 4.78 is 14.7. The second kappa shape index (κ2) is 9.53. The zero-order chi connectivity index (χ0) is 21.7. The Labute approximate surface area is 181 Å². The van der Waals surface area contributed by atoms with Gasteiger partial charge in [-0.1, -0.05) is 0 Å². The van der Waals surface area contributed by atoms with Crippen LogP contribution >= 0.6 is 15.9 Å². The number of nitrogens with one attached hydrogen (secondary N) is 1. The van der Waals surface area contributed by atoms with Crippen LogP contribution in [0.4, 0.5) is 5.82 Å². The van der Waals surface area contributed by atoms with E-state index in [9.17, 15) is 9.59 Å². The number of imidazole rings is 1. The van der Waals surface area contributed by atoms with Gasteiger partial charge in [0.25, 0.3) is 18.2 Å². The van der Waals surface area contributed by atoms with E-state index in [1.165, 1.54) is 6.20 Å². The SMILES string of the molecule is CCn1c(CNC(=O)c2nc(Br)cnc2N)[n+](CCOC=O)c2ccc(OC)cc21. The van der Waals surface area contributed by atoms with E-state index in [2.05, 4.69) is 35.8 Å². The topological polar surface area (TPSA) is 125 Å². The second-order valence-electron chi connectivity index (χ2n) is 6.24. The number of hydrogen-bond acceptors (Lipinski definition) is 7. The lowest BCUT2D eigenvalue weighted by atomic mass is 10.3. The molecular formula is C19H22BrN6O4+. The van der Waals surface area contributed by atoms with Crippen LogP contribution in [0.5, 0.6) is 5.75 Å². The van der Waals surface area contributed by atoms with Crippen LogP contribution in [0, 0.1) is 0 Å². The monoisotopic (exact) mass is 477 g/mol. The average molecular weight is 478 g/mol. The minimum atomic E-state index is -0.442. The summed E-state index contributed by atoms with van der Waals surface area (Å²) in [4.78, 5) is 31.3. The number of ether oxygens (including phenoxy) is 2. The largest absolute Gasteiger partial charge is 0.497 e. The molecule has 2 aromatic heterocycles. The number of amides is 1. The van der Waals surface area contributed by atoms with Crippen LogP contribution < -0.4 is 20.4 Å². The van der Waals surface area contributed by atoms with Crippen molar-refractivity contribution in [2.24, 2.45) is 0 Å². The fourth-order valence-electron chi connectivity index (χ4n) is 3.27. The molecule has 10 nitrogen and oxygen atoms in total. The van der Waals surface area contributed by atoms with Gasteiger partial charge in [0.05, 0.1) is 19.9 Å². The maximum absolute atomic E-state index is 12.7.